The summed E-state index contributed by atoms with van der Waals surface area (Å²) in [5.41, 5.74) is 5.24. The molecule has 7 heteroatoms. The molecular formula is C25H28N6O. The molecule has 2 aromatic carbocycles. The van der Waals surface area contributed by atoms with Gasteiger partial charge >= 0.3 is 0 Å². The molecule has 7 nitrogen and oxygen atoms in total. The second-order valence-electron chi connectivity index (χ2n) is 7.50. The van der Waals surface area contributed by atoms with Crippen molar-refractivity contribution in [1.29, 1.82) is 0 Å². The second kappa shape index (κ2) is 9.96. The van der Waals surface area contributed by atoms with Gasteiger partial charge in [0.15, 0.2) is 11.7 Å². The van der Waals surface area contributed by atoms with E-state index >= 15 is 0 Å². The van der Waals surface area contributed by atoms with Gasteiger partial charge in [-0.05, 0) is 38.5 Å². The van der Waals surface area contributed by atoms with Gasteiger partial charge in [0.25, 0.3) is 0 Å². The van der Waals surface area contributed by atoms with Crippen molar-refractivity contribution in [2.45, 2.75) is 33.9 Å². The molecule has 0 saturated heterocycles. The number of hydrogen-bond acceptors (Lipinski definition) is 4. The summed E-state index contributed by atoms with van der Waals surface area (Å²) in [5.74, 6) is 2.07. The van der Waals surface area contributed by atoms with Gasteiger partial charge in [0.1, 0.15) is 0 Å². The minimum Gasteiger partial charge on any atom is -0.439 e. The number of rotatable bonds is 7. The molecule has 0 bridgehead atoms. The first-order valence-corrected chi connectivity index (χ1v) is 10.8. The van der Waals surface area contributed by atoms with Gasteiger partial charge in [-0.2, -0.15) is 5.10 Å². The summed E-state index contributed by atoms with van der Waals surface area (Å²) in [7, 11) is 0. The third kappa shape index (κ3) is 5.06. The van der Waals surface area contributed by atoms with E-state index in [9.17, 15) is 0 Å². The molecule has 2 N–H and O–H groups in total. The van der Waals surface area contributed by atoms with Crippen LogP contribution in [0.15, 0.2) is 76.3 Å². The number of benzene rings is 2. The first-order valence-electron chi connectivity index (χ1n) is 10.8. The van der Waals surface area contributed by atoms with E-state index in [-0.39, 0.29) is 0 Å². The summed E-state index contributed by atoms with van der Waals surface area (Å²) < 4.78 is 7.86. The van der Waals surface area contributed by atoms with Crippen LogP contribution in [-0.4, -0.2) is 27.3 Å². The largest absolute Gasteiger partial charge is 0.439 e. The predicted octanol–water partition coefficient (Wildman–Crippen LogP) is 4.40. The number of nitrogens with zero attached hydrogens (tertiary/aromatic N) is 4. The standard InChI is InChI=1S/C25H28N6O/c1-4-26-25(29-17-24-27-16-23(32-24)20-10-6-5-7-11-20)28-15-21-12-8-9-13-22(21)31-19(3)14-18(2)30-31/h5-14,16H,4,15,17H2,1-3H3,(H2,26,28,29). The minimum absolute atomic E-state index is 0.442. The zero-order valence-electron chi connectivity index (χ0n) is 18.7. The highest BCUT2D eigenvalue weighted by molar-refractivity contribution is 5.79. The van der Waals surface area contributed by atoms with Crippen LogP contribution in [0.3, 0.4) is 0 Å². The van der Waals surface area contributed by atoms with Crippen LogP contribution in [-0.2, 0) is 13.1 Å². The Morgan fingerprint density at radius 2 is 1.81 bits per heavy atom. The summed E-state index contributed by atoms with van der Waals surface area (Å²) in [6.45, 7) is 7.82. The molecule has 2 heterocycles. The summed E-state index contributed by atoms with van der Waals surface area (Å²) in [5, 5.41) is 11.2. The van der Waals surface area contributed by atoms with Crippen LogP contribution < -0.4 is 10.6 Å². The molecule has 0 aliphatic carbocycles. The van der Waals surface area contributed by atoms with Crippen LogP contribution in [0.2, 0.25) is 0 Å². The third-order valence-corrected chi connectivity index (χ3v) is 5.00. The zero-order valence-corrected chi connectivity index (χ0v) is 18.7. The average molecular weight is 429 g/mol. The van der Waals surface area contributed by atoms with Gasteiger partial charge < -0.3 is 15.1 Å². The van der Waals surface area contributed by atoms with Gasteiger partial charge in [-0.1, -0.05) is 48.5 Å². The van der Waals surface area contributed by atoms with Gasteiger partial charge in [0.05, 0.1) is 30.7 Å². The van der Waals surface area contributed by atoms with Crippen LogP contribution >= 0.6 is 0 Å². The molecule has 0 saturated carbocycles. The molecule has 0 radical (unpaired) electrons. The van der Waals surface area contributed by atoms with E-state index in [0.29, 0.717) is 24.9 Å². The third-order valence-electron chi connectivity index (χ3n) is 5.00. The first-order chi connectivity index (χ1) is 15.6. The van der Waals surface area contributed by atoms with Gasteiger partial charge in [-0.25, -0.2) is 14.7 Å². The normalized spacial score (nSPS) is 11.5. The second-order valence-corrected chi connectivity index (χ2v) is 7.50. The maximum absolute atomic E-state index is 5.89. The Morgan fingerprint density at radius 3 is 2.56 bits per heavy atom. The highest BCUT2D eigenvalue weighted by Crippen LogP contribution is 2.20. The van der Waals surface area contributed by atoms with Crippen molar-refractivity contribution in [3.05, 3.63) is 89.7 Å². The average Bonchev–Trinajstić information content (AvgIpc) is 3.42. The van der Waals surface area contributed by atoms with E-state index in [1.54, 1.807) is 6.20 Å². The Balaban J connectivity index is 1.47. The van der Waals surface area contributed by atoms with Crippen molar-refractivity contribution in [1.82, 2.24) is 25.4 Å². The molecular weight excluding hydrogens is 400 g/mol. The quantitative estimate of drug-likeness (QED) is 0.337. The van der Waals surface area contributed by atoms with E-state index in [4.69, 9.17) is 9.41 Å². The number of nitrogens with one attached hydrogen (secondary N) is 2. The number of aromatic nitrogens is 3. The molecule has 0 spiro atoms. The van der Waals surface area contributed by atoms with E-state index in [1.807, 2.05) is 61.0 Å². The fourth-order valence-corrected chi connectivity index (χ4v) is 3.52. The predicted molar refractivity (Wildman–Crippen MR) is 127 cm³/mol. The van der Waals surface area contributed by atoms with Crippen molar-refractivity contribution >= 4 is 5.96 Å². The fraction of sp³-hybridized carbons (Fsp3) is 0.240. The van der Waals surface area contributed by atoms with Gasteiger partial charge in [0, 0.05) is 17.8 Å². The Morgan fingerprint density at radius 1 is 1.03 bits per heavy atom. The smallest absolute Gasteiger partial charge is 0.214 e. The van der Waals surface area contributed by atoms with Gasteiger partial charge in [-0.15, -0.1) is 0 Å². The number of para-hydroxylation sites is 1. The lowest BCUT2D eigenvalue weighted by atomic mass is 10.2. The Bertz CT molecular complexity index is 1190. The monoisotopic (exact) mass is 428 g/mol. The van der Waals surface area contributed by atoms with Gasteiger partial charge in [-0.3, -0.25) is 0 Å². The van der Waals surface area contributed by atoms with Crippen LogP contribution in [0.1, 0.15) is 29.8 Å². The van der Waals surface area contributed by atoms with Crippen LogP contribution in [0, 0.1) is 13.8 Å². The van der Waals surface area contributed by atoms with Crippen molar-refractivity contribution < 1.29 is 4.42 Å². The van der Waals surface area contributed by atoms with Crippen molar-refractivity contribution in [3.63, 3.8) is 0 Å². The van der Waals surface area contributed by atoms with E-state index in [2.05, 4.69) is 45.8 Å². The highest BCUT2D eigenvalue weighted by atomic mass is 16.4. The van der Waals surface area contributed by atoms with Crippen LogP contribution in [0.5, 0.6) is 0 Å². The lowest BCUT2D eigenvalue weighted by molar-refractivity contribution is 0.497. The summed E-state index contributed by atoms with van der Waals surface area (Å²) in [6, 6.07) is 20.2. The molecule has 0 aliphatic rings. The maximum atomic E-state index is 5.89. The highest BCUT2D eigenvalue weighted by Gasteiger charge is 2.10. The molecule has 32 heavy (non-hydrogen) atoms. The van der Waals surface area contributed by atoms with E-state index < -0.39 is 0 Å². The van der Waals surface area contributed by atoms with E-state index in [0.717, 1.165) is 40.5 Å². The topological polar surface area (TPSA) is 80.3 Å². The fourth-order valence-electron chi connectivity index (χ4n) is 3.52. The molecule has 4 rings (SSSR count). The SMILES string of the molecule is CCNC(=NCc1ccccc1-n1nc(C)cc1C)NCc1ncc(-c2ccccc2)o1. The first kappa shape index (κ1) is 21.4. The minimum atomic E-state index is 0.442. The molecule has 4 aromatic rings. The number of aryl methyl sites for hydroxylation is 2. The summed E-state index contributed by atoms with van der Waals surface area (Å²) in [4.78, 5) is 9.16. The molecule has 0 amide bonds. The van der Waals surface area contributed by atoms with Crippen molar-refractivity contribution in [2.24, 2.45) is 4.99 Å². The number of oxazole rings is 1. The van der Waals surface area contributed by atoms with E-state index in [1.165, 1.54) is 0 Å². The lowest BCUT2D eigenvalue weighted by Crippen LogP contribution is -2.36. The molecule has 0 aliphatic heterocycles. The van der Waals surface area contributed by atoms with Crippen LogP contribution in [0.25, 0.3) is 17.0 Å². The Kier molecular flexibility index (Phi) is 6.65. The summed E-state index contributed by atoms with van der Waals surface area (Å²) >= 11 is 0. The lowest BCUT2D eigenvalue weighted by Gasteiger charge is -2.12. The Labute approximate surface area is 188 Å². The van der Waals surface area contributed by atoms with Crippen molar-refractivity contribution in [3.8, 4) is 17.0 Å². The maximum Gasteiger partial charge on any atom is 0.214 e. The molecule has 2 aromatic heterocycles. The molecule has 0 atom stereocenters. The number of aliphatic imine (C=N–C) groups is 1. The van der Waals surface area contributed by atoms with Crippen LogP contribution in [0.4, 0.5) is 0 Å². The molecule has 164 valence electrons. The number of guanidine groups is 1. The molecule has 0 unspecified atom stereocenters. The molecule has 0 fully saturated rings. The summed E-state index contributed by atoms with van der Waals surface area (Å²) in [6.07, 6.45) is 1.75. The Hall–Kier alpha value is -3.87. The zero-order chi connectivity index (χ0) is 22.3. The number of hydrogen-bond donors (Lipinski definition) is 2. The van der Waals surface area contributed by atoms with Crippen molar-refractivity contribution in [2.75, 3.05) is 6.54 Å². The van der Waals surface area contributed by atoms with Gasteiger partial charge in [0.2, 0.25) is 5.89 Å².